The molecule has 0 amide bonds. The summed E-state index contributed by atoms with van der Waals surface area (Å²) in [6, 6.07) is 0. The maximum absolute atomic E-state index is 9.82. The third kappa shape index (κ3) is 0.760. The highest BCUT2D eigenvalue weighted by molar-refractivity contribution is 4.81. The second-order valence-electron chi connectivity index (χ2n) is 1.29. The highest BCUT2D eigenvalue weighted by Gasteiger charge is 2.18. The Hall–Kier alpha value is -1.10. The summed E-state index contributed by atoms with van der Waals surface area (Å²) < 4.78 is 0. The van der Waals surface area contributed by atoms with E-state index in [-0.39, 0.29) is 0 Å². The van der Waals surface area contributed by atoms with E-state index in [0.29, 0.717) is 0 Å². The van der Waals surface area contributed by atoms with Gasteiger partial charge < -0.3 is 5.43 Å². The van der Waals surface area contributed by atoms with Gasteiger partial charge in [0.2, 0.25) is 0 Å². The van der Waals surface area contributed by atoms with Crippen molar-refractivity contribution in [2.24, 2.45) is 0 Å². The van der Waals surface area contributed by atoms with Crippen molar-refractivity contribution in [1.29, 1.82) is 0 Å². The lowest BCUT2D eigenvalue weighted by Gasteiger charge is -1.96. The molecule has 0 aliphatic carbocycles. The monoisotopic (exact) mass is 114 g/mol. The smallest absolute Gasteiger partial charge is 0.309 e. The quantitative estimate of drug-likeness (QED) is 0.339. The van der Waals surface area contributed by atoms with Gasteiger partial charge in [0.1, 0.15) is 0 Å². The number of nitrogens with one attached hydrogen (secondary N) is 2. The molecule has 1 unspecified atom stereocenters. The zero-order chi connectivity index (χ0) is 5.98. The van der Waals surface area contributed by atoms with Gasteiger partial charge in [-0.25, -0.2) is 0 Å². The van der Waals surface area contributed by atoms with Crippen molar-refractivity contribution in [2.45, 2.75) is 6.17 Å². The number of hydrogen-bond donors (Lipinski definition) is 2. The van der Waals surface area contributed by atoms with Crippen molar-refractivity contribution in [2.75, 3.05) is 0 Å². The number of nitro groups is 1. The summed E-state index contributed by atoms with van der Waals surface area (Å²) >= 11 is 0. The first-order valence-corrected chi connectivity index (χ1v) is 2.03. The molecule has 0 spiro atoms. The summed E-state index contributed by atoms with van der Waals surface area (Å²) in [5.41, 5.74) is 4.77. The highest BCUT2D eigenvalue weighted by atomic mass is 16.6. The molecular weight excluding hydrogens is 110 g/mol. The SMILES string of the molecule is O=[N+]([O-])C1[C]=CNN1. The van der Waals surface area contributed by atoms with Gasteiger partial charge in [-0.15, -0.1) is 0 Å². The first kappa shape index (κ1) is 5.04. The van der Waals surface area contributed by atoms with E-state index < -0.39 is 11.1 Å². The van der Waals surface area contributed by atoms with Crippen LogP contribution in [0, 0.1) is 16.2 Å². The zero-order valence-electron chi connectivity index (χ0n) is 3.92. The maximum Gasteiger partial charge on any atom is 0.309 e. The van der Waals surface area contributed by atoms with Crippen molar-refractivity contribution in [3.8, 4) is 0 Å². The molecule has 2 N–H and O–H groups in total. The van der Waals surface area contributed by atoms with E-state index in [1.807, 2.05) is 0 Å². The van der Waals surface area contributed by atoms with Crippen LogP contribution in [-0.2, 0) is 0 Å². The van der Waals surface area contributed by atoms with Gasteiger partial charge in [-0.1, -0.05) is 0 Å². The van der Waals surface area contributed by atoms with Gasteiger partial charge in [-0.05, 0) is 0 Å². The van der Waals surface area contributed by atoms with E-state index in [1.165, 1.54) is 6.20 Å². The molecule has 1 aliphatic rings. The molecule has 5 heteroatoms. The summed E-state index contributed by atoms with van der Waals surface area (Å²) in [7, 11) is 0. The van der Waals surface area contributed by atoms with Crippen molar-refractivity contribution >= 4 is 0 Å². The third-order valence-electron chi connectivity index (χ3n) is 0.744. The van der Waals surface area contributed by atoms with Crippen LogP contribution in [0.5, 0.6) is 0 Å². The van der Waals surface area contributed by atoms with Crippen molar-refractivity contribution in [1.82, 2.24) is 10.9 Å². The topological polar surface area (TPSA) is 67.2 Å². The normalized spacial score (nSPS) is 25.2. The summed E-state index contributed by atoms with van der Waals surface area (Å²) in [6.45, 7) is 0. The molecular formula is C3H4N3O2. The predicted molar refractivity (Wildman–Crippen MR) is 24.9 cm³/mol. The Kier molecular flexibility index (Phi) is 1.13. The van der Waals surface area contributed by atoms with Gasteiger partial charge in [0.25, 0.3) is 0 Å². The van der Waals surface area contributed by atoms with Gasteiger partial charge in [0.15, 0.2) is 0 Å². The van der Waals surface area contributed by atoms with E-state index in [1.54, 1.807) is 0 Å². The minimum absolute atomic E-state index is 0.476. The molecule has 5 nitrogen and oxygen atoms in total. The van der Waals surface area contributed by atoms with Crippen molar-refractivity contribution < 1.29 is 4.92 Å². The van der Waals surface area contributed by atoms with Crippen molar-refractivity contribution in [3.63, 3.8) is 0 Å². The Morgan fingerprint density at radius 1 is 1.88 bits per heavy atom. The number of hydrazine groups is 1. The molecule has 1 atom stereocenters. The summed E-state index contributed by atoms with van der Waals surface area (Å²) in [4.78, 5) is 9.35. The molecule has 1 heterocycles. The fourth-order valence-corrected chi connectivity index (χ4v) is 0.396. The van der Waals surface area contributed by atoms with Crippen LogP contribution in [-0.4, -0.2) is 11.1 Å². The van der Waals surface area contributed by atoms with E-state index in [0.717, 1.165) is 0 Å². The first-order valence-electron chi connectivity index (χ1n) is 2.03. The Morgan fingerprint density at radius 3 is 2.88 bits per heavy atom. The molecule has 1 radical (unpaired) electrons. The predicted octanol–water partition coefficient (Wildman–Crippen LogP) is -0.986. The largest absolute Gasteiger partial charge is 0.322 e. The van der Waals surface area contributed by atoms with Crippen LogP contribution in [0.25, 0.3) is 0 Å². The van der Waals surface area contributed by atoms with Crippen LogP contribution in [0.1, 0.15) is 0 Å². The average molecular weight is 114 g/mol. The minimum atomic E-state index is -0.880. The van der Waals surface area contributed by atoms with Crippen LogP contribution in [0.4, 0.5) is 0 Å². The summed E-state index contributed by atoms with van der Waals surface area (Å²) in [5, 5.41) is 9.82. The molecule has 0 fully saturated rings. The molecule has 0 saturated heterocycles. The second-order valence-corrected chi connectivity index (χ2v) is 1.29. The lowest BCUT2D eigenvalue weighted by Crippen LogP contribution is -2.36. The average Bonchev–Trinajstić information content (AvgIpc) is 2.12. The molecule has 0 aromatic heterocycles. The van der Waals surface area contributed by atoms with Gasteiger partial charge in [0.05, 0.1) is 6.08 Å². The zero-order valence-corrected chi connectivity index (χ0v) is 3.92. The Morgan fingerprint density at radius 2 is 2.62 bits per heavy atom. The minimum Gasteiger partial charge on any atom is -0.322 e. The molecule has 0 aromatic carbocycles. The summed E-state index contributed by atoms with van der Waals surface area (Å²) in [6.07, 6.45) is 2.90. The molecule has 0 aromatic rings. The molecule has 1 aliphatic heterocycles. The van der Waals surface area contributed by atoms with Gasteiger partial charge >= 0.3 is 6.17 Å². The number of nitrogens with zero attached hydrogens (tertiary/aromatic N) is 1. The third-order valence-corrected chi connectivity index (χ3v) is 0.744. The first-order chi connectivity index (χ1) is 3.80. The van der Waals surface area contributed by atoms with Gasteiger partial charge in [0, 0.05) is 11.1 Å². The van der Waals surface area contributed by atoms with Gasteiger partial charge in [-0.3, -0.25) is 10.1 Å². The van der Waals surface area contributed by atoms with E-state index >= 15 is 0 Å². The fraction of sp³-hybridized carbons (Fsp3) is 0.333. The van der Waals surface area contributed by atoms with E-state index in [2.05, 4.69) is 16.9 Å². The van der Waals surface area contributed by atoms with Crippen LogP contribution in [0.2, 0.25) is 0 Å². The van der Waals surface area contributed by atoms with Crippen LogP contribution in [0.3, 0.4) is 0 Å². The molecule has 1 rings (SSSR count). The Bertz CT molecular complexity index is 132. The van der Waals surface area contributed by atoms with Crippen LogP contribution in [0.15, 0.2) is 6.20 Å². The standard InChI is InChI=1S/C3H4N3O2/c7-6(8)3-1-2-4-5-3/h2-5H. The molecule has 0 bridgehead atoms. The lowest BCUT2D eigenvalue weighted by molar-refractivity contribution is -0.517. The Balaban J connectivity index is 2.48. The molecule has 0 saturated carbocycles. The van der Waals surface area contributed by atoms with Crippen LogP contribution < -0.4 is 10.9 Å². The van der Waals surface area contributed by atoms with Crippen LogP contribution >= 0.6 is 0 Å². The van der Waals surface area contributed by atoms with E-state index in [9.17, 15) is 10.1 Å². The fourth-order valence-electron chi connectivity index (χ4n) is 0.396. The summed E-state index contributed by atoms with van der Waals surface area (Å²) in [5.74, 6) is 0. The number of rotatable bonds is 1. The van der Waals surface area contributed by atoms with Gasteiger partial charge in [-0.2, -0.15) is 5.43 Å². The van der Waals surface area contributed by atoms with Crippen molar-refractivity contribution in [3.05, 3.63) is 22.4 Å². The highest BCUT2D eigenvalue weighted by Crippen LogP contribution is 1.87. The lowest BCUT2D eigenvalue weighted by atomic mass is 10.5. The number of hydrogen-bond acceptors (Lipinski definition) is 4. The molecule has 8 heavy (non-hydrogen) atoms. The Labute approximate surface area is 45.5 Å². The van der Waals surface area contributed by atoms with E-state index in [4.69, 9.17) is 0 Å². The second kappa shape index (κ2) is 1.79. The molecule has 43 valence electrons. The maximum atomic E-state index is 9.82.